The molecule has 3 rings (SSSR count). The van der Waals surface area contributed by atoms with Crippen molar-refractivity contribution in [1.82, 2.24) is 5.32 Å². The summed E-state index contributed by atoms with van der Waals surface area (Å²) >= 11 is 0. The Morgan fingerprint density at radius 2 is 0.753 bits per heavy atom. The molecule has 3 saturated heterocycles. The molecule has 3 aliphatic heterocycles. The smallest absolute Gasteiger partial charge is 0.220 e. The third-order valence-electron chi connectivity index (χ3n) is 17.3. The molecule has 1 amide bonds. The Morgan fingerprint density at radius 1 is 0.398 bits per heavy atom. The van der Waals surface area contributed by atoms with E-state index in [0.29, 0.717) is 12.8 Å². The number of unbranched alkanes of at least 4 members (excludes halogenated alkanes) is 24. The van der Waals surface area contributed by atoms with Crippen LogP contribution in [0.3, 0.4) is 0 Å². The molecule has 3 heterocycles. The van der Waals surface area contributed by atoms with Crippen molar-refractivity contribution >= 4 is 5.91 Å². The number of aliphatic hydroxyl groups is 11. The molecule has 93 heavy (non-hydrogen) atoms. The number of hydrogen-bond donors (Lipinski definition) is 12. The number of amides is 1. The fraction of sp³-hybridized carbons (Fsp3) is 0.770. The Morgan fingerprint density at radius 3 is 1.20 bits per heavy atom. The maximum Gasteiger partial charge on any atom is 0.220 e. The molecule has 0 bridgehead atoms. The number of carbonyl (C=O) groups is 1. The van der Waals surface area contributed by atoms with Gasteiger partial charge in [0.05, 0.1) is 38.6 Å². The number of ether oxygens (including phenoxy) is 6. The summed E-state index contributed by atoms with van der Waals surface area (Å²) in [5.74, 6) is -0.294. The van der Waals surface area contributed by atoms with Crippen LogP contribution in [0.4, 0.5) is 0 Å². The van der Waals surface area contributed by atoms with Crippen molar-refractivity contribution in [3.8, 4) is 0 Å². The van der Waals surface area contributed by atoms with E-state index in [2.05, 4.69) is 104 Å². The van der Waals surface area contributed by atoms with E-state index in [0.717, 1.165) is 89.9 Å². The van der Waals surface area contributed by atoms with E-state index >= 15 is 0 Å². The van der Waals surface area contributed by atoms with Crippen LogP contribution in [0.25, 0.3) is 0 Å². The lowest BCUT2D eigenvalue weighted by Crippen LogP contribution is -2.66. The van der Waals surface area contributed by atoms with Gasteiger partial charge < -0.3 is 89.9 Å². The zero-order chi connectivity index (χ0) is 67.5. The first-order valence-corrected chi connectivity index (χ1v) is 36.0. The Hall–Kier alpha value is -3.29. The Labute approximate surface area is 558 Å². The van der Waals surface area contributed by atoms with E-state index in [4.69, 9.17) is 28.4 Å². The summed E-state index contributed by atoms with van der Waals surface area (Å²) in [6, 6.07) is -1.00. The van der Waals surface area contributed by atoms with E-state index in [9.17, 15) is 61.0 Å². The second-order valence-electron chi connectivity index (χ2n) is 25.3. The lowest BCUT2D eigenvalue weighted by atomic mass is 9.96. The molecule has 0 radical (unpaired) electrons. The van der Waals surface area contributed by atoms with Gasteiger partial charge in [-0.3, -0.25) is 4.79 Å². The molecule has 0 saturated carbocycles. The minimum Gasteiger partial charge on any atom is -0.394 e. The summed E-state index contributed by atoms with van der Waals surface area (Å²) in [6.07, 6.45) is 45.2. The molecule has 17 atom stereocenters. The van der Waals surface area contributed by atoms with Crippen LogP contribution in [-0.4, -0.2) is 193 Å². The first-order valence-electron chi connectivity index (χ1n) is 36.0. The van der Waals surface area contributed by atoms with Crippen LogP contribution in [0.15, 0.2) is 97.2 Å². The number of carbonyl (C=O) groups excluding carboxylic acids is 1. The molecule has 0 aromatic rings. The Balaban J connectivity index is 1.42. The van der Waals surface area contributed by atoms with Crippen molar-refractivity contribution < 1.29 is 89.4 Å². The van der Waals surface area contributed by atoms with Gasteiger partial charge in [0.2, 0.25) is 5.91 Å². The van der Waals surface area contributed by atoms with Crippen molar-refractivity contribution in [2.75, 3.05) is 26.4 Å². The molecule has 0 aliphatic carbocycles. The number of hydrogen-bond acceptors (Lipinski definition) is 18. The van der Waals surface area contributed by atoms with Crippen LogP contribution in [-0.2, 0) is 33.2 Å². The van der Waals surface area contributed by atoms with Gasteiger partial charge in [-0.05, 0) is 89.9 Å². The number of aliphatic hydroxyl groups excluding tert-OH is 11. The maximum absolute atomic E-state index is 13.4. The quantitative estimate of drug-likeness (QED) is 0.0199. The molecule has 12 N–H and O–H groups in total. The van der Waals surface area contributed by atoms with Gasteiger partial charge in [0.25, 0.3) is 0 Å². The summed E-state index contributed by atoms with van der Waals surface area (Å²) < 4.78 is 34.3. The summed E-state index contributed by atoms with van der Waals surface area (Å²) in [6.45, 7) is 1.59. The normalized spacial score (nSPS) is 28.1. The summed E-state index contributed by atoms with van der Waals surface area (Å²) in [5.41, 5.74) is 0. The predicted octanol–water partition coefficient (Wildman–Crippen LogP) is 10.0. The third kappa shape index (κ3) is 36.2. The fourth-order valence-electron chi connectivity index (χ4n) is 11.5. The van der Waals surface area contributed by atoms with E-state index in [1.54, 1.807) is 6.08 Å². The summed E-state index contributed by atoms with van der Waals surface area (Å²) in [7, 11) is 0. The van der Waals surface area contributed by atoms with E-state index in [1.807, 2.05) is 6.08 Å². The molecule has 3 aliphatic rings. The molecular formula is C74H127NO18. The fourth-order valence-corrected chi connectivity index (χ4v) is 11.5. The van der Waals surface area contributed by atoms with Crippen LogP contribution in [0, 0.1) is 0 Å². The van der Waals surface area contributed by atoms with Gasteiger partial charge in [-0.2, -0.15) is 0 Å². The first-order chi connectivity index (χ1) is 45.3. The Bertz CT molecular complexity index is 2060. The lowest BCUT2D eigenvalue weighted by molar-refractivity contribution is -0.379. The van der Waals surface area contributed by atoms with Crippen LogP contribution in [0.2, 0.25) is 0 Å². The first kappa shape index (κ1) is 83.9. The van der Waals surface area contributed by atoms with Crippen LogP contribution < -0.4 is 5.32 Å². The molecule has 3 fully saturated rings. The molecule has 0 spiro atoms. The van der Waals surface area contributed by atoms with Gasteiger partial charge >= 0.3 is 0 Å². The molecule has 0 aromatic carbocycles. The van der Waals surface area contributed by atoms with Crippen LogP contribution >= 0.6 is 0 Å². The van der Waals surface area contributed by atoms with Gasteiger partial charge in [-0.25, -0.2) is 0 Å². The Kier molecular flexibility index (Phi) is 49.4. The molecular weight excluding hydrogens is 1190 g/mol. The molecule has 536 valence electrons. The van der Waals surface area contributed by atoms with Gasteiger partial charge in [0, 0.05) is 6.42 Å². The van der Waals surface area contributed by atoms with Crippen molar-refractivity contribution in [3.05, 3.63) is 97.2 Å². The standard InChI is InChI=1S/C74H127NO18/c1-3-5-7-9-11-13-15-17-19-21-23-24-25-26-27-28-29-30-31-32-34-36-38-40-42-44-46-48-50-52-62(80)75-57(58(79)51-49-47-45-43-41-39-37-35-33-22-20-18-16-14-12-10-8-6-4-2)56-88-72-68(86)65(83)70(60(54-77)90-72)93-74-69(87)66(84)71(61(55-78)91-74)92-73-67(85)64(82)63(81)59(53-76)89-73/h5,7,11,13,17,19,23-24,26-27,33,35,41,43,49,51,57-61,63-74,76-79,81-87H,3-4,6,8-10,12,14-16,18,20-22,25,28-32,34,36-40,42,44-48,50,52-56H2,1-2H3,(H,75,80)/b7-5-,13-11-,19-17-,24-23-,27-26-,35-33+,43-41+,51-49+. The predicted molar refractivity (Wildman–Crippen MR) is 364 cm³/mol. The minimum atomic E-state index is -1.99. The highest BCUT2D eigenvalue weighted by Crippen LogP contribution is 2.33. The average molecular weight is 1320 g/mol. The van der Waals surface area contributed by atoms with Gasteiger partial charge in [-0.1, -0.05) is 233 Å². The van der Waals surface area contributed by atoms with E-state index in [1.165, 1.54) is 109 Å². The number of nitrogens with one attached hydrogen (secondary N) is 1. The topological polar surface area (TPSA) is 307 Å². The second kappa shape index (κ2) is 54.7. The van der Waals surface area contributed by atoms with Gasteiger partial charge in [-0.15, -0.1) is 0 Å². The average Bonchev–Trinajstić information content (AvgIpc) is 1.00. The number of allylic oxidation sites excluding steroid dienone is 15. The maximum atomic E-state index is 13.4. The zero-order valence-corrected chi connectivity index (χ0v) is 56.7. The molecule has 0 aromatic heterocycles. The van der Waals surface area contributed by atoms with Crippen molar-refractivity contribution in [3.63, 3.8) is 0 Å². The third-order valence-corrected chi connectivity index (χ3v) is 17.3. The minimum absolute atomic E-state index is 0.225. The van der Waals surface area contributed by atoms with Crippen molar-refractivity contribution in [1.29, 1.82) is 0 Å². The highest BCUT2D eigenvalue weighted by atomic mass is 16.8. The molecule has 19 nitrogen and oxygen atoms in total. The number of rotatable bonds is 54. The van der Waals surface area contributed by atoms with Gasteiger partial charge in [0.1, 0.15) is 73.2 Å². The van der Waals surface area contributed by atoms with Crippen molar-refractivity contribution in [2.45, 2.75) is 336 Å². The molecule has 19 heteroatoms. The lowest BCUT2D eigenvalue weighted by Gasteiger charge is -2.48. The van der Waals surface area contributed by atoms with E-state index in [-0.39, 0.29) is 18.9 Å². The summed E-state index contributed by atoms with van der Waals surface area (Å²) in [5, 5.41) is 121. The van der Waals surface area contributed by atoms with Crippen LogP contribution in [0.5, 0.6) is 0 Å². The van der Waals surface area contributed by atoms with Gasteiger partial charge in [0.15, 0.2) is 18.9 Å². The summed E-state index contributed by atoms with van der Waals surface area (Å²) in [4.78, 5) is 13.4. The largest absolute Gasteiger partial charge is 0.394 e. The second-order valence-corrected chi connectivity index (χ2v) is 25.3. The monoisotopic (exact) mass is 1320 g/mol. The highest BCUT2D eigenvalue weighted by Gasteiger charge is 2.53. The highest BCUT2D eigenvalue weighted by molar-refractivity contribution is 5.76. The molecule has 17 unspecified atom stereocenters. The van der Waals surface area contributed by atoms with Crippen molar-refractivity contribution in [2.24, 2.45) is 0 Å². The van der Waals surface area contributed by atoms with Crippen LogP contribution in [0.1, 0.15) is 232 Å². The SMILES string of the molecule is CC/C=C\C/C=C\C/C=C\C/C=C\C/C=C\CCCCCCCCCCCCCCCC(=O)NC(COC1OC(CO)C(OC2OC(CO)C(OC3OC(CO)C(O)C(O)C3O)C(O)C2O)C(O)C1O)C(O)/C=C/CC/C=C/CC/C=C/CCCCCCCCCCC. The zero-order valence-electron chi connectivity index (χ0n) is 56.7. The van der Waals surface area contributed by atoms with E-state index < -0.39 is 124 Å².